The second kappa shape index (κ2) is 26.7. The van der Waals surface area contributed by atoms with Crippen LogP contribution in [-0.2, 0) is 26.8 Å². The summed E-state index contributed by atoms with van der Waals surface area (Å²) in [5.74, 6) is 0.225. The van der Waals surface area contributed by atoms with E-state index in [1.54, 1.807) is 6.92 Å². The molecule has 406 valence electrons. The number of phenols is 1. The molecule has 2 aliphatic rings. The van der Waals surface area contributed by atoms with Gasteiger partial charge in [-0.2, -0.15) is 0 Å². The summed E-state index contributed by atoms with van der Waals surface area (Å²) >= 11 is 0. The van der Waals surface area contributed by atoms with Gasteiger partial charge in [0, 0.05) is 39.4 Å². The standard InChI is InChI=1S/C38H46O4.C34H36O2/c1-29-33(37(42)35(28-40)34(27-39)36(29)41)25-17-6-4-2-3-5-7-18-26-38(30-19-11-8-12-20-30,31-21-13-9-14-22-31)32-23-15-10-16-24-32;1-24-25(2)32-30(26(3)31(24)35)20-21-33(4,36-32)22-23-34(27-14-8-5-9-15-27,28-16-10-6-11-17-28)29-18-12-7-13-19-29/h8-16,19-24,29,33,39-40H,2-7,17-18,25-28H2,1H3;5-19,35H,20-23H2,1-4H3. The summed E-state index contributed by atoms with van der Waals surface area (Å²) in [6, 6.07) is 65.5. The van der Waals surface area contributed by atoms with E-state index >= 15 is 0 Å². The minimum atomic E-state index is -0.483. The number of ether oxygens (including phenoxy) is 1. The number of Topliss-reactive ketones (excluding diaryl/α,β-unsaturated/α-hetero) is 2. The average molecular weight is 1040 g/mol. The quantitative estimate of drug-likeness (QED) is 0.0462. The third-order valence-electron chi connectivity index (χ3n) is 17.7. The maximum atomic E-state index is 12.8. The number of aliphatic hydroxyl groups is 2. The van der Waals surface area contributed by atoms with Crippen molar-refractivity contribution in [3.63, 3.8) is 0 Å². The Bertz CT molecular complexity index is 2870. The minimum absolute atomic E-state index is 0.0970. The second-order valence-corrected chi connectivity index (χ2v) is 22.4. The fourth-order valence-electron chi connectivity index (χ4n) is 12.9. The van der Waals surface area contributed by atoms with Crippen LogP contribution in [0.15, 0.2) is 193 Å². The van der Waals surface area contributed by atoms with Crippen LogP contribution in [0, 0.1) is 32.6 Å². The molecule has 7 aromatic carbocycles. The molecule has 1 heterocycles. The lowest BCUT2D eigenvalue weighted by Crippen LogP contribution is -2.40. The van der Waals surface area contributed by atoms with Gasteiger partial charge in [0.2, 0.25) is 0 Å². The van der Waals surface area contributed by atoms with Gasteiger partial charge in [0.1, 0.15) is 17.1 Å². The molecule has 0 saturated heterocycles. The molecule has 0 amide bonds. The molecule has 7 aromatic rings. The summed E-state index contributed by atoms with van der Waals surface area (Å²) in [4.78, 5) is 25.4. The van der Waals surface area contributed by atoms with Crippen LogP contribution in [0.1, 0.15) is 153 Å². The number of ketones is 2. The molecule has 9 rings (SSSR count). The molecule has 3 N–H and O–H groups in total. The van der Waals surface area contributed by atoms with Gasteiger partial charge in [0.15, 0.2) is 11.6 Å². The van der Waals surface area contributed by atoms with E-state index in [0.717, 1.165) is 85.8 Å². The Morgan fingerprint density at radius 1 is 0.487 bits per heavy atom. The molecule has 6 heteroatoms. The van der Waals surface area contributed by atoms with Gasteiger partial charge in [-0.1, -0.05) is 240 Å². The topological polar surface area (TPSA) is 104 Å². The first-order valence-corrected chi connectivity index (χ1v) is 28.8. The molecule has 78 heavy (non-hydrogen) atoms. The van der Waals surface area contributed by atoms with Crippen molar-refractivity contribution in [3.05, 3.63) is 249 Å². The fourth-order valence-corrected chi connectivity index (χ4v) is 12.9. The summed E-state index contributed by atoms with van der Waals surface area (Å²) in [6.45, 7) is 9.14. The third kappa shape index (κ3) is 12.4. The van der Waals surface area contributed by atoms with Crippen molar-refractivity contribution in [2.45, 2.75) is 141 Å². The van der Waals surface area contributed by atoms with Gasteiger partial charge in [-0.05, 0) is 116 Å². The number of carbonyl (C=O) groups is 2. The monoisotopic (exact) mass is 1040 g/mol. The third-order valence-corrected chi connectivity index (χ3v) is 17.7. The Labute approximate surface area is 465 Å². The first kappa shape index (κ1) is 57.3. The van der Waals surface area contributed by atoms with Crippen molar-refractivity contribution < 1.29 is 29.6 Å². The summed E-state index contributed by atoms with van der Waals surface area (Å²) in [7, 11) is 0. The van der Waals surface area contributed by atoms with E-state index in [1.807, 2.05) is 13.8 Å². The molecule has 6 nitrogen and oxygen atoms in total. The van der Waals surface area contributed by atoms with Crippen LogP contribution >= 0.6 is 0 Å². The van der Waals surface area contributed by atoms with Crippen LogP contribution in [-0.4, -0.2) is 45.7 Å². The van der Waals surface area contributed by atoms with Crippen LogP contribution < -0.4 is 4.74 Å². The Morgan fingerprint density at radius 3 is 1.24 bits per heavy atom. The number of rotatable bonds is 22. The first-order valence-electron chi connectivity index (χ1n) is 28.8. The highest BCUT2D eigenvalue weighted by molar-refractivity contribution is 6.14. The van der Waals surface area contributed by atoms with Crippen LogP contribution in [0.25, 0.3) is 0 Å². The van der Waals surface area contributed by atoms with Crippen molar-refractivity contribution in [1.82, 2.24) is 0 Å². The minimum Gasteiger partial charge on any atom is -0.507 e. The zero-order chi connectivity index (χ0) is 55.1. The second-order valence-electron chi connectivity index (χ2n) is 22.4. The SMILES string of the molecule is CC1C(=O)C(CO)=C(CO)C(=O)C1CCCCCCCCCCC(c1ccccc1)(c1ccccc1)c1ccccc1.Cc1c(C)c2c(c(C)c1O)CCC(C)(CCC(c1ccccc1)(c1ccccc1)c1ccccc1)O2. The Morgan fingerprint density at radius 2 is 0.846 bits per heavy atom. The zero-order valence-electron chi connectivity index (χ0n) is 46.9. The van der Waals surface area contributed by atoms with Crippen molar-refractivity contribution in [1.29, 1.82) is 0 Å². The Kier molecular flexibility index (Phi) is 19.6. The van der Waals surface area contributed by atoms with Gasteiger partial charge in [0.05, 0.1) is 13.2 Å². The highest BCUT2D eigenvalue weighted by atomic mass is 16.5. The molecule has 0 spiro atoms. The van der Waals surface area contributed by atoms with Crippen molar-refractivity contribution in [2.75, 3.05) is 13.2 Å². The maximum absolute atomic E-state index is 12.8. The normalized spacial score (nSPS) is 17.5. The van der Waals surface area contributed by atoms with Gasteiger partial charge in [-0.25, -0.2) is 0 Å². The van der Waals surface area contributed by atoms with Crippen LogP contribution in [0.3, 0.4) is 0 Å². The van der Waals surface area contributed by atoms with E-state index in [2.05, 4.69) is 196 Å². The zero-order valence-corrected chi connectivity index (χ0v) is 46.9. The summed E-state index contributed by atoms with van der Waals surface area (Å²) in [6.07, 6.45) is 14.4. The van der Waals surface area contributed by atoms with Crippen molar-refractivity contribution in [2.24, 2.45) is 11.8 Å². The number of carbonyl (C=O) groups excluding carboxylic acids is 2. The molecule has 0 radical (unpaired) electrons. The molecule has 0 saturated carbocycles. The molecular formula is C72H82O6. The van der Waals surface area contributed by atoms with Crippen molar-refractivity contribution >= 4 is 11.6 Å². The van der Waals surface area contributed by atoms with E-state index < -0.39 is 19.1 Å². The van der Waals surface area contributed by atoms with Crippen LogP contribution in [0.5, 0.6) is 11.5 Å². The number of unbranched alkanes of at least 4 members (excludes halogenated alkanes) is 7. The van der Waals surface area contributed by atoms with E-state index in [0.29, 0.717) is 12.2 Å². The highest BCUT2D eigenvalue weighted by Gasteiger charge is 2.42. The van der Waals surface area contributed by atoms with E-state index in [9.17, 15) is 24.9 Å². The van der Waals surface area contributed by atoms with Crippen LogP contribution in [0.2, 0.25) is 0 Å². The van der Waals surface area contributed by atoms with E-state index in [-0.39, 0.29) is 45.1 Å². The number of phenolic OH excluding ortho intramolecular Hbond substituents is 1. The molecule has 1 aliphatic carbocycles. The number of fused-ring (bicyclic) bond motifs is 1. The smallest absolute Gasteiger partial charge is 0.165 e. The Balaban J connectivity index is 0.000000208. The van der Waals surface area contributed by atoms with Gasteiger partial charge >= 0.3 is 0 Å². The highest BCUT2D eigenvalue weighted by Crippen LogP contribution is 2.49. The lowest BCUT2D eigenvalue weighted by Gasteiger charge is -2.42. The lowest BCUT2D eigenvalue weighted by atomic mass is 9.65. The predicted octanol–water partition coefficient (Wildman–Crippen LogP) is 15.8. The summed E-state index contributed by atoms with van der Waals surface area (Å²) < 4.78 is 6.86. The summed E-state index contributed by atoms with van der Waals surface area (Å²) in [5.41, 5.74) is 11.5. The number of aromatic hydroxyl groups is 1. The first-order chi connectivity index (χ1) is 37.9. The molecule has 0 fully saturated rings. The molecule has 0 bridgehead atoms. The molecule has 1 aliphatic heterocycles. The van der Waals surface area contributed by atoms with Gasteiger partial charge < -0.3 is 20.1 Å². The van der Waals surface area contributed by atoms with Gasteiger partial charge in [-0.3, -0.25) is 9.59 Å². The van der Waals surface area contributed by atoms with E-state index in [1.165, 1.54) is 59.1 Å². The molecule has 0 aromatic heterocycles. The van der Waals surface area contributed by atoms with Crippen LogP contribution in [0.4, 0.5) is 0 Å². The molecule has 3 unspecified atom stereocenters. The average Bonchev–Trinajstić information content (AvgIpc) is 3.57. The number of hydrogen-bond donors (Lipinski definition) is 3. The Hall–Kier alpha value is -6.86. The largest absolute Gasteiger partial charge is 0.507 e. The molecular weight excluding hydrogens is 961 g/mol. The number of hydrogen-bond acceptors (Lipinski definition) is 6. The fraction of sp³-hybridized carbons (Fsp3) is 0.361. The summed E-state index contributed by atoms with van der Waals surface area (Å²) in [5, 5.41) is 29.7. The number of aliphatic hydroxyl groups excluding tert-OH is 2. The lowest BCUT2D eigenvalue weighted by molar-refractivity contribution is -0.131. The maximum Gasteiger partial charge on any atom is 0.165 e. The van der Waals surface area contributed by atoms with Gasteiger partial charge in [0.25, 0.3) is 0 Å². The molecule has 3 atom stereocenters. The van der Waals surface area contributed by atoms with E-state index in [4.69, 9.17) is 4.74 Å². The van der Waals surface area contributed by atoms with Gasteiger partial charge in [-0.15, -0.1) is 0 Å². The predicted molar refractivity (Wildman–Crippen MR) is 317 cm³/mol. The number of benzene rings is 7. The van der Waals surface area contributed by atoms with Crippen molar-refractivity contribution in [3.8, 4) is 11.5 Å².